The molecule has 1 fully saturated rings. The highest BCUT2D eigenvalue weighted by Crippen LogP contribution is 2.35. The van der Waals surface area contributed by atoms with Crippen molar-refractivity contribution in [2.75, 3.05) is 0 Å². The highest BCUT2D eigenvalue weighted by atomic mass is 16.3. The maximum Gasteiger partial charge on any atom is 0.331 e. The smallest absolute Gasteiger partial charge is 0.331 e. The molecule has 1 amide bonds. The Labute approximate surface area is 167 Å². The molecule has 1 aromatic carbocycles. The third-order valence-corrected chi connectivity index (χ3v) is 5.76. The van der Waals surface area contributed by atoms with E-state index < -0.39 is 11.2 Å². The van der Waals surface area contributed by atoms with Gasteiger partial charge in [0.25, 0.3) is 5.56 Å². The van der Waals surface area contributed by atoms with Crippen LogP contribution in [-0.4, -0.2) is 31.3 Å². The van der Waals surface area contributed by atoms with E-state index in [0.29, 0.717) is 5.71 Å². The number of amides is 1. The summed E-state index contributed by atoms with van der Waals surface area (Å²) in [7, 11) is 0. The molecular weight excluding hydrogens is 372 g/mol. The van der Waals surface area contributed by atoms with Crippen molar-refractivity contribution < 1.29 is 9.90 Å². The average molecular weight is 396 g/mol. The summed E-state index contributed by atoms with van der Waals surface area (Å²) >= 11 is 0. The summed E-state index contributed by atoms with van der Waals surface area (Å²) in [5.74, 6) is -0.619. The highest BCUT2D eigenvalue weighted by molar-refractivity contribution is 6.04. The third kappa shape index (κ3) is 3.50. The molecule has 2 aromatic rings. The molecule has 0 spiro atoms. The Morgan fingerprint density at radius 3 is 2.48 bits per heavy atom. The van der Waals surface area contributed by atoms with Gasteiger partial charge in [-0.15, -0.1) is 0 Å². The fourth-order valence-electron chi connectivity index (χ4n) is 4.36. The minimum absolute atomic E-state index is 0.0279. The minimum Gasteiger partial charge on any atom is -0.494 e. The summed E-state index contributed by atoms with van der Waals surface area (Å²) in [5.41, 5.74) is -0.129. The third-order valence-electron chi connectivity index (χ3n) is 5.76. The lowest BCUT2D eigenvalue weighted by atomic mass is 9.95. The normalized spacial score (nSPS) is 20.0. The van der Waals surface area contributed by atoms with Gasteiger partial charge in [-0.25, -0.2) is 9.80 Å². The van der Waals surface area contributed by atoms with Crippen molar-refractivity contribution in [3.8, 4) is 5.88 Å². The zero-order valence-corrected chi connectivity index (χ0v) is 16.3. The Hall–Kier alpha value is -3.16. The van der Waals surface area contributed by atoms with Gasteiger partial charge in [0.15, 0.2) is 0 Å². The van der Waals surface area contributed by atoms with Crippen LogP contribution in [0, 0.1) is 0 Å². The Balaban J connectivity index is 1.78. The van der Waals surface area contributed by atoms with Gasteiger partial charge in [-0.3, -0.25) is 19.1 Å². The van der Waals surface area contributed by atoms with E-state index in [0.717, 1.165) is 37.7 Å². The van der Waals surface area contributed by atoms with Crippen molar-refractivity contribution in [1.29, 1.82) is 0 Å². The maximum atomic E-state index is 12.6. The molecule has 8 nitrogen and oxygen atoms in total. The molecule has 152 valence electrons. The number of rotatable bonds is 3. The van der Waals surface area contributed by atoms with Crippen LogP contribution in [0.15, 0.2) is 45.0 Å². The Kier molecular flexibility index (Phi) is 5.08. The van der Waals surface area contributed by atoms with Gasteiger partial charge >= 0.3 is 5.69 Å². The number of nitrogens with zero attached hydrogens (tertiary/aromatic N) is 3. The molecule has 0 bridgehead atoms. The van der Waals surface area contributed by atoms with E-state index in [2.05, 4.69) is 10.1 Å². The van der Waals surface area contributed by atoms with Gasteiger partial charge in [-0.05, 0) is 18.4 Å². The summed E-state index contributed by atoms with van der Waals surface area (Å²) < 4.78 is 1.28. The molecule has 1 atom stereocenters. The number of aromatic amines is 1. The van der Waals surface area contributed by atoms with Crippen LogP contribution in [0.25, 0.3) is 0 Å². The van der Waals surface area contributed by atoms with E-state index in [1.165, 1.54) is 16.5 Å². The molecule has 29 heavy (non-hydrogen) atoms. The molecule has 0 unspecified atom stereocenters. The first-order chi connectivity index (χ1) is 14.0. The molecular formula is C21H24N4O4. The Morgan fingerprint density at radius 2 is 1.83 bits per heavy atom. The van der Waals surface area contributed by atoms with E-state index in [1.807, 2.05) is 30.3 Å². The summed E-state index contributed by atoms with van der Waals surface area (Å²) in [5, 5.41) is 16.6. The summed E-state index contributed by atoms with van der Waals surface area (Å²) in [6, 6.07) is 8.91. The van der Waals surface area contributed by atoms with E-state index in [9.17, 15) is 19.5 Å². The molecule has 4 rings (SSSR count). The quantitative estimate of drug-likeness (QED) is 0.831. The summed E-state index contributed by atoms with van der Waals surface area (Å²) in [4.78, 5) is 39.5. The zero-order valence-electron chi connectivity index (χ0n) is 16.3. The van der Waals surface area contributed by atoms with Crippen molar-refractivity contribution in [2.24, 2.45) is 5.10 Å². The van der Waals surface area contributed by atoms with Gasteiger partial charge in [0, 0.05) is 19.4 Å². The summed E-state index contributed by atoms with van der Waals surface area (Å²) in [6.07, 6.45) is 4.87. The lowest BCUT2D eigenvalue weighted by Gasteiger charge is -2.25. The molecule has 0 radical (unpaired) electrons. The van der Waals surface area contributed by atoms with Crippen LogP contribution in [0.1, 0.15) is 68.7 Å². The number of aromatic hydroxyl groups is 1. The largest absolute Gasteiger partial charge is 0.494 e. The number of H-pyrrole nitrogens is 1. The predicted molar refractivity (Wildman–Crippen MR) is 108 cm³/mol. The average Bonchev–Trinajstić information content (AvgIpc) is 3.14. The molecule has 0 saturated heterocycles. The second-order valence-electron chi connectivity index (χ2n) is 7.66. The van der Waals surface area contributed by atoms with Crippen molar-refractivity contribution in [3.63, 3.8) is 0 Å². The lowest BCUT2D eigenvalue weighted by Crippen LogP contribution is -2.36. The number of hydrogen-bond donors (Lipinski definition) is 2. The number of carbonyl (C=O) groups is 1. The van der Waals surface area contributed by atoms with E-state index >= 15 is 0 Å². The molecule has 2 heterocycles. The SMILES string of the molecule is CC(=O)N1N=C(c2c(O)n(C3CCCCC3)c(=O)[nH]c2=O)C[C@H]1c1ccccc1. The predicted octanol–water partition coefficient (Wildman–Crippen LogP) is 2.45. The van der Waals surface area contributed by atoms with Gasteiger partial charge < -0.3 is 5.11 Å². The lowest BCUT2D eigenvalue weighted by molar-refractivity contribution is -0.130. The molecule has 2 aliphatic rings. The number of hydrazone groups is 1. The van der Waals surface area contributed by atoms with Crippen molar-refractivity contribution in [2.45, 2.75) is 57.5 Å². The van der Waals surface area contributed by atoms with Crippen LogP contribution in [-0.2, 0) is 4.79 Å². The van der Waals surface area contributed by atoms with Crippen molar-refractivity contribution in [3.05, 3.63) is 62.3 Å². The van der Waals surface area contributed by atoms with Gasteiger partial charge in [0.2, 0.25) is 11.8 Å². The topological polar surface area (TPSA) is 108 Å². The number of aromatic nitrogens is 2. The molecule has 1 saturated carbocycles. The molecule has 1 aliphatic carbocycles. The van der Waals surface area contributed by atoms with Crippen LogP contribution in [0.5, 0.6) is 5.88 Å². The first-order valence-electron chi connectivity index (χ1n) is 9.97. The van der Waals surface area contributed by atoms with Gasteiger partial charge in [0.05, 0.1) is 11.8 Å². The number of nitrogens with one attached hydrogen (secondary N) is 1. The zero-order chi connectivity index (χ0) is 20.5. The van der Waals surface area contributed by atoms with E-state index in [1.54, 1.807) is 0 Å². The first kappa shape index (κ1) is 19.2. The van der Waals surface area contributed by atoms with Crippen molar-refractivity contribution >= 4 is 11.6 Å². The van der Waals surface area contributed by atoms with Crippen molar-refractivity contribution in [1.82, 2.24) is 14.6 Å². The standard InChI is InChI=1S/C21H24N4O4/c1-13(26)25-17(14-8-4-2-5-9-14)12-16(23-25)18-19(27)22-21(29)24(20(18)28)15-10-6-3-7-11-15/h2,4-5,8-9,15,17,28H,3,6-7,10-12H2,1H3,(H,22,27,29)/t17-/m0/s1. The Bertz CT molecular complexity index is 1060. The molecule has 1 aromatic heterocycles. The molecule has 2 N–H and O–H groups in total. The minimum atomic E-state index is -0.685. The van der Waals surface area contributed by atoms with Gasteiger partial charge in [-0.2, -0.15) is 5.10 Å². The first-order valence-corrected chi connectivity index (χ1v) is 9.97. The second-order valence-corrected chi connectivity index (χ2v) is 7.66. The van der Waals surface area contributed by atoms with E-state index in [-0.39, 0.29) is 35.9 Å². The number of carbonyl (C=O) groups excluding carboxylic acids is 1. The monoisotopic (exact) mass is 396 g/mol. The summed E-state index contributed by atoms with van der Waals surface area (Å²) in [6.45, 7) is 1.41. The fourth-order valence-corrected chi connectivity index (χ4v) is 4.36. The molecule has 1 aliphatic heterocycles. The maximum absolute atomic E-state index is 12.6. The number of hydrogen-bond acceptors (Lipinski definition) is 5. The van der Waals surface area contributed by atoms with Crippen LogP contribution < -0.4 is 11.2 Å². The van der Waals surface area contributed by atoms with Crippen LogP contribution in [0.2, 0.25) is 0 Å². The fraction of sp³-hybridized carbons (Fsp3) is 0.429. The Morgan fingerprint density at radius 1 is 1.14 bits per heavy atom. The van der Waals surface area contributed by atoms with Gasteiger partial charge in [-0.1, -0.05) is 49.6 Å². The second kappa shape index (κ2) is 7.69. The number of benzene rings is 1. The molecule has 8 heteroatoms. The van der Waals surface area contributed by atoms with Crippen LogP contribution >= 0.6 is 0 Å². The highest BCUT2D eigenvalue weighted by Gasteiger charge is 2.35. The van der Waals surface area contributed by atoms with Crippen LogP contribution in [0.3, 0.4) is 0 Å². The van der Waals surface area contributed by atoms with E-state index in [4.69, 9.17) is 0 Å². The van der Waals surface area contributed by atoms with Gasteiger partial charge in [0.1, 0.15) is 5.56 Å². The van der Waals surface area contributed by atoms with Crippen LogP contribution in [0.4, 0.5) is 0 Å².